The van der Waals surface area contributed by atoms with Crippen LogP contribution in [-0.2, 0) is 14.3 Å². The molecule has 0 N–H and O–H groups in total. The zero-order valence-corrected chi connectivity index (χ0v) is 18.8. The van der Waals surface area contributed by atoms with E-state index >= 15 is 0 Å². The van der Waals surface area contributed by atoms with Gasteiger partial charge < -0.3 is 9.47 Å². The Morgan fingerprint density at radius 3 is 2.59 bits per heavy atom. The van der Waals surface area contributed by atoms with Gasteiger partial charge in [-0.15, -0.1) is 0 Å². The van der Waals surface area contributed by atoms with Gasteiger partial charge in [0, 0.05) is 13.0 Å². The normalized spacial score (nSPS) is 15.2. The fourth-order valence-electron chi connectivity index (χ4n) is 2.87. The average Bonchev–Trinajstić information content (AvgIpc) is 2.98. The molecule has 0 radical (unpaired) electrons. The first-order valence-electron chi connectivity index (χ1n) is 10.1. The fraction of sp³-hybridized carbons (Fsp3) is 0.500. The summed E-state index contributed by atoms with van der Waals surface area (Å²) in [5.41, 5.74) is 0.934. The van der Waals surface area contributed by atoms with Crippen LogP contribution in [0.5, 0.6) is 5.75 Å². The van der Waals surface area contributed by atoms with E-state index in [0.717, 1.165) is 49.8 Å². The van der Waals surface area contributed by atoms with E-state index in [1.165, 1.54) is 11.8 Å². The van der Waals surface area contributed by atoms with E-state index < -0.39 is 0 Å². The molecule has 7 heteroatoms. The molecule has 0 saturated carbocycles. The van der Waals surface area contributed by atoms with Crippen molar-refractivity contribution in [3.63, 3.8) is 0 Å². The zero-order chi connectivity index (χ0) is 21.1. The number of carbonyl (C=O) groups is 2. The van der Waals surface area contributed by atoms with Crippen molar-refractivity contribution in [2.75, 3.05) is 20.3 Å². The molecule has 0 unspecified atom stereocenters. The van der Waals surface area contributed by atoms with Crippen LogP contribution < -0.4 is 4.74 Å². The van der Waals surface area contributed by atoms with Crippen LogP contribution >= 0.6 is 24.0 Å². The van der Waals surface area contributed by atoms with Crippen molar-refractivity contribution >= 4 is 46.3 Å². The van der Waals surface area contributed by atoms with Crippen molar-refractivity contribution in [1.82, 2.24) is 4.90 Å². The molecule has 29 heavy (non-hydrogen) atoms. The number of benzene rings is 1. The minimum atomic E-state index is -0.130. The van der Waals surface area contributed by atoms with E-state index in [4.69, 9.17) is 21.7 Å². The Morgan fingerprint density at radius 1 is 1.14 bits per heavy atom. The molecule has 1 aliphatic rings. The maximum absolute atomic E-state index is 12.6. The highest BCUT2D eigenvalue weighted by atomic mass is 32.2. The number of nitrogens with zero attached hydrogens (tertiary/aromatic N) is 1. The highest BCUT2D eigenvalue weighted by Crippen LogP contribution is 2.33. The van der Waals surface area contributed by atoms with Crippen LogP contribution in [0.3, 0.4) is 0 Å². The number of methoxy groups -OCH3 is 1. The van der Waals surface area contributed by atoms with Crippen molar-refractivity contribution in [3.8, 4) is 5.75 Å². The van der Waals surface area contributed by atoms with Crippen LogP contribution in [0.2, 0.25) is 0 Å². The predicted octanol–water partition coefficient (Wildman–Crippen LogP) is 5.19. The molecule has 1 fully saturated rings. The Balaban J connectivity index is 1.71. The lowest BCUT2D eigenvalue weighted by Gasteiger charge is -2.14. The molecule has 1 heterocycles. The predicted molar refractivity (Wildman–Crippen MR) is 122 cm³/mol. The maximum Gasteiger partial charge on any atom is 0.305 e. The summed E-state index contributed by atoms with van der Waals surface area (Å²) in [6, 6.07) is 7.54. The molecule has 0 atom stereocenters. The number of ether oxygens (including phenoxy) is 2. The summed E-state index contributed by atoms with van der Waals surface area (Å²) in [4.78, 5) is 26.6. The number of esters is 1. The third-order valence-corrected chi connectivity index (χ3v) is 5.94. The van der Waals surface area contributed by atoms with E-state index in [9.17, 15) is 9.59 Å². The van der Waals surface area contributed by atoms with Crippen molar-refractivity contribution in [3.05, 3.63) is 34.7 Å². The van der Waals surface area contributed by atoms with Crippen molar-refractivity contribution in [2.45, 2.75) is 51.9 Å². The number of rotatable bonds is 12. The van der Waals surface area contributed by atoms with Crippen LogP contribution in [0.4, 0.5) is 0 Å². The van der Waals surface area contributed by atoms with Gasteiger partial charge in [0.1, 0.15) is 10.1 Å². The third-order valence-electron chi connectivity index (χ3n) is 4.56. The molecule has 158 valence electrons. The monoisotopic (exact) mass is 435 g/mol. The van der Waals surface area contributed by atoms with Gasteiger partial charge in [-0.05, 0) is 43.0 Å². The molecule has 5 nitrogen and oxygen atoms in total. The van der Waals surface area contributed by atoms with Gasteiger partial charge in [-0.1, -0.05) is 62.3 Å². The number of amides is 1. The summed E-state index contributed by atoms with van der Waals surface area (Å²) in [5, 5.41) is 0. The zero-order valence-electron chi connectivity index (χ0n) is 17.1. The molecule has 0 aromatic heterocycles. The lowest BCUT2D eigenvalue weighted by atomic mass is 10.2. The Labute approximate surface area is 182 Å². The standard InChI is InChI=1S/C22H29NO4S2/c1-3-4-8-15-27-20(24)9-6-5-7-14-23-21(25)19(29-22(23)28)16-17-10-12-18(26-2)13-11-17/h10-13,16H,3-9,14-15H2,1-2H3. The second kappa shape index (κ2) is 12.6. The van der Waals surface area contributed by atoms with E-state index in [1.807, 2.05) is 30.3 Å². The summed E-state index contributed by atoms with van der Waals surface area (Å²) in [7, 11) is 1.62. The molecular formula is C22H29NO4S2. The summed E-state index contributed by atoms with van der Waals surface area (Å²) in [6.07, 6.45) is 7.86. The molecule has 1 amide bonds. The van der Waals surface area contributed by atoms with Gasteiger partial charge >= 0.3 is 5.97 Å². The second-order valence-corrected chi connectivity index (χ2v) is 8.52. The number of hydrogen-bond donors (Lipinski definition) is 0. The van der Waals surface area contributed by atoms with Crippen LogP contribution in [0.15, 0.2) is 29.2 Å². The summed E-state index contributed by atoms with van der Waals surface area (Å²) >= 11 is 6.70. The van der Waals surface area contributed by atoms with E-state index in [-0.39, 0.29) is 11.9 Å². The average molecular weight is 436 g/mol. The molecule has 1 aromatic carbocycles. The molecule has 0 spiro atoms. The summed E-state index contributed by atoms with van der Waals surface area (Å²) < 4.78 is 10.9. The topological polar surface area (TPSA) is 55.8 Å². The third kappa shape index (κ3) is 7.82. The van der Waals surface area contributed by atoms with Crippen LogP contribution in [0.25, 0.3) is 6.08 Å². The van der Waals surface area contributed by atoms with E-state index in [1.54, 1.807) is 12.0 Å². The molecular weight excluding hydrogens is 406 g/mol. The minimum Gasteiger partial charge on any atom is -0.497 e. The first kappa shape index (κ1) is 23.4. The van der Waals surface area contributed by atoms with Crippen molar-refractivity contribution in [1.29, 1.82) is 0 Å². The number of thioether (sulfide) groups is 1. The van der Waals surface area contributed by atoms with E-state index in [0.29, 0.717) is 28.8 Å². The Hall–Kier alpha value is -1.86. The molecule has 1 aliphatic heterocycles. The van der Waals surface area contributed by atoms with Gasteiger partial charge in [-0.3, -0.25) is 14.5 Å². The minimum absolute atomic E-state index is 0.0499. The fourth-order valence-corrected chi connectivity index (χ4v) is 4.18. The van der Waals surface area contributed by atoms with Crippen molar-refractivity contribution in [2.24, 2.45) is 0 Å². The Morgan fingerprint density at radius 2 is 1.90 bits per heavy atom. The van der Waals surface area contributed by atoms with Gasteiger partial charge in [-0.2, -0.15) is 0 Å². The van der Waals surface area contributed by atoms with Crippen LogP contribution in [0, 0.1) is 0 Å². The number of hydrogen-bond acceptors (Lipinski definition) is 6. The van der Waals surface area contributed by atoms with Gasteiger partial charge in [0.15, 0.2) is 0 Å². The second-order valence-electron chi connectivity index (χ2n) is 6.84. The summed E-state index contributed by atoms with van der Waals surface area (Å²) in [6.45, 7) is 3.22. The largest absolute Gasteiger partial charge is 0.497 e. The van der Waals surface area contributed by atoms with Gasteiger partial charge in [0.05, 0.1) is 18.6 Å². The van der Waals surface area contributed by atoms with Crippen LogP contribution in [0.1, 0.15) is 57.4 Å². The highest BCUT2D eigenvalue weighted by molar-refractivity contribution is 8.26. The Bertz CT molecular complexity index is 731. The summed E-state index contributed by atoms with van der Waals surface area (Å²) in [5.74, 6) is 0.597. The van der Waals surface area contributed by atoms with Gasteiger partial charge in [-0.25, -0.2) is 0 Å². The maximum atomic E-state index is 12.6. The first-order valence-corrected chi connectivity index (χ1v) is 11.3. The van der Waals surface area contributed by atoms with E-state index in [2.05, 4.69) is 6.92 Å². The molecule has 0 bridgehead atoms. The van der Waals surface area contributed by atoms with Crippen molar-refractivity contribution < 1.29 is 19.1 Å². The first-order chi connectivity index (χ1) is 14.0. The quantitative estimate of drug-likeness (QED) is 0.195. The molecule has 1 saturated heterocycles. The molecule has 1 aromatic rings. The molecule has 2 rings (SSSR count). The lowest BCUT2D eigenvalue weighted by molar-refractivity contribution is -0.144. The highest BCUT2D eigenvalue weighted by Gasteiger charge is 2.31. The SMILES string of the molecule is CCCCCOC(=O)CCCCCN1C(=O)C(=Cc2ccc(OC)cc2)SC1=S. The molecule has 0 aliphatic carbocycles. The number of thiocarbonyl (C=S) groups is 1. The Kier molecular flexibility index (Phi) is 10.2. The smallest absolute Gasteiger partial charge is 0.305 e. The number of carbonyl (C=O) groups excluding carboxylic acids is 2. The lowest BCUT2D eigenvalue weighted by Crippen LogP contribution is -2.29. The number of unbranched alkanes of at least 4 members (excludes halogenated alkanes) is 4. The van der Waals surface area contributed by atoms with Gasteiger partial charge in [0.25, 0.3) is 5.91 Å². The van der Waals surface area contributed by atoms with Crippen LogP contribution in [-0.4, -0.2) is 41.4 Å². The van der Waals surface area contributed by atoms with Gasteiger partial charge in [0.2, 0.25) is 0 Å².